The summed E-state index contributed by atoms with van der Waals surface area (Å²) in [6.07, 6.45) is 0.258. The van der Waals surface area contributed by atoms with E-state index in [9.17, 15) is 9.90 Å². The summed E-state index contributed by atoms with van der Waals surface area (Å²) in [4.78, 5) is 12.8. The highest BCUT2D eigenvalue weighted by Crippen LogP contribution is 2.16. The van der Waals surface area contributed by atoms with Crippen LogP contribution in [0.25, 0.3) is 0 Å². The number of aliphatic hydroxyl groups excluding tert-OH is 1. The highest BCUT2D eigenvalue weighted by Gasteiger charge is 2.23. The fourth-order valence-electron chi connectivity index (χ4n) is 1.91. The third kappa shape index (κ3) is 4.01. The quantitative estimate of drug-likeness (QED) is 0.699. The van der Waals surface area contributed by atoms with E-state index in [0.29, 0.717) is 18.7 Å². The third-order valence-corrected chi connectivity index (χ3v) is 3.92. The molecular formula is C13H18N2O2S. The summed E-state index contributed by atoms with van der Waals surface area (Å²) >= 11 is 1.50. The van der Waals surface area contributed by atoms with Crippen LogP contribution in [0.1, 0.15) is 6.42 Å². The van der Waals surface area contributed by atoms with Gasteiger partial charge in [0.2, 0.25) is 5.91 Å². The van der Waals surface area contributed by atoms with Gasteiger partial charge in [0.05, 0.1) is 17.9 Å². The van der Waals surface area contributed by atoms with E-state index in [2.05, 4.69) is 10.6 Å². The maximum Gasteiger partial charge on any atom is 0.230 e. The second-order valence-electron chi connectivity index (χ2n) is 4.34. The van der Waals surface area contributed by atoms with Crippen LogP contribution < -0.4 is 10.6 Å². The normalized spacial score (nSPS) is 23.6. The van der Waals surface area contributed by atoms with E-state index in [4.69, 9.17) is 0 Å². The Balaban J connectivity index is 1.75. The van der Waals surface area contributed by atoms with Crippen molar-refractivity contribution < 1.29 is 9.90 Å². The van der Waals surface area contributed by atoms with E-state index >= 15 is 0 Å². The minimum Gasteiger partial charge on any atom is -0.391 e. The number of thioether (sulfide) groups is 1. The Kier molecular flexibility index (Phi) is 5.04. The van der Waals surface area contributed by atoms with E-state index < -0.39 is 6.10 Å². The van der Waals surface area contributed by atoms with Crippen LogP contribution in [0.15, 0.2) is 35.2 Å². The Morgan fingerprint density at radius 2 is 2.22 bits per heavy atom. The lowest BCUT2D eigenvalue weighted by Gasteiger charge is -2.29. The maximum atomic E-state index is 11.8. The zero-order chi connectivity index (χ0) is 12.8. The number of carbonyl (C=O) groups is 1. The molecule has 5 heteroatoms. The van der Waals surface area contributed by atoms with Crippen molar-refractivity contribution >= 4 is 17.7 Å². The molecular weight excluding hydrogens is 248 g/mol. The van der Waals surface area contributed by atoms with Crippen molar-refractivity contribution in [3.63, 3.8) is 0 Å². The van der Waals surface area contributed by atoms with Crippen LogP contribution in [0.2, 0.25) is 0 Å². The largest absolute Gasteiger partial charge is 0.391 e. The molecule has 0 spiro atoms. The van der Waals surface area contributed by atoms with Crippen LogP contribution in [-0.2, 0) is 4.79 Å². The lowest BCUT2D eigenvalue weighted by atomic mass is 10.0. The van der Waals surface area contributed by atoms with Gasteiger partial charge in [-0.1, -0.05) is 18.2 Å². The first-order valence-corrected chi connectivity index (χ1v) is 7.10. The minimum absolute atomic E-state index is 0.0309. The molecule has 1 amide bonds. The molecule has 1 aromatic carbocycles. The molecule has 1 saturated heterocycles. The standard InChI is InChI=1S/C13H18N2O2S/c16-12-6-7-14-8-11(12)15-13(17)9-18-10-4-2-1-3-5-10/h1-5,11-12,14,16H,6-9H2,(H,15,17)/t11-,12+/m0/s1. The van der Waals surface area contributed by atoms with E-state index in [0.717, 1.165) is 11.4 Å². The molecule has 1 heterocycles. The molecule has 2 atom stereocenters. The summed E-state index contributed by atoms with van der Waals surface area (Å²) in [5.74, 6) is 0.351. The lowest BCUT2D eigenvalue weighted by molar-refractivity contribution is -0.120. The molecule has 0 aliphatic carbocycles. The molecule has 0 unspecified atom stereocenters. The summed E-state index contributed by atoms with van der Waals surface area (Å²) in [5.41, 5.74) is 0. The SMILES string of the molecule is O=C(CSc1ccccc1)N[C@H]1CNCC[C@H]1O. The molecule has 1 fully saturated rings. The Morgan fingerprint density at radius 3 is 2.94 bits per heavy atom. The van der Waals surface area contributed by atoms with Gasteiger partial charge in [-0.05, 0) is 25.1 Å². The average molecular weight is 266 g/mol. The van der Waals surface area contributed by atoms with Crippen LogP contribution in [0, 0.1) is 0 Å². The van der Waals surface area contributed by atoms with Crippen molar-refractivity contribution in [1.82, 2.24) is 10.6 Å². The maximum absolute atomic E-state index is 11.8. The highest BCUT2D eigenvalue weighted by atomic mass is 32.2. The van der Waals surface area contributed by atoms with Crippen LogP contribution in [0.3, 0.4) is 0 Å². The minimum atomic E-state index is -0.433. The molecule has 0 saturated carbocycles. The van der Waals surface area contributed by atoms with Crippen LogP contribution in [0.5, 0.6) is 0 Å². The van der Waals surface area contributed by atoms with Crippen LogP contribution in [0.4, 0.5) is 0 Å². The number of amides is 1. The molecule has 1 aromatic rings. The second kappa shape index (κ2) is 6.78. The fraction of sp³-hybridized carbons (Fsp3) is 0.462. The van der Waals surface area contributed by atoms with Gasteiger partial charge >= 0.3 is 0 Å². The van der Waals surface area contributed by atoms with Gasteiger partial charge in [0.25, 0.3) is 0 Å². The van der Waals surface area contributed by atoms with Crippen LogP contribution >= 0.6 is 11.8 Å². The number of piperidine rings is 1. The van der Waals surface area contributed by atoms with Crippen molar-refractivity contribution in [3.05, 3.63) is 30.3 Å². The summed E-state index contributed by atoms with van der Waals surface area (Å²) in [5, 5.41) is 15.8. The van der Waals surface area contributed by atoms with Crippen molar-refractivity contribution in [2.24, 2.45) is 0 Å². The molecule has 2 rings (SSSR count). The first-order valence-electron chi connectivity index (χ1n) is 6.11. The molecule has 1 aliphatic rings. The number of benzene rings is 1. The van der Waals surface area contributed by atoms with E-state index in [-0.39, 0.29) is 11.9 Å². The number of rotatable bonds is 4. The van der Waals surface area contributed by atoms with E-state index in [1.165, 1.54) is 11.8 Å². The van der Waals surface area contributed by atoms with Crippen molar-refractivity contribution in [3.8, 4) is 0 Å². The molecule has 18 heavy (non-hydrogen) atoms. The Hall–Kier alpha value is -1.04. The Bertz CT molecular complexity index is 386. The first-order chi connectivity index (χ1) is 8.75. The summed E-state index contributed by atoms with van der Waals surface area (Å²) in [7, 11) is 0. The van der Waals surface area contributed by atoms with Crippen molar-refractivity contribution in [1.29, 1.82) is 0 Å². The average Bonchev–Trinajstić information content (AvgIpc) is 2.40. The summed E-state index contributed by atoms with van der Waals surface area (Å²) in [6.45, 7) is 1.45. The lowest BCUT2D eigenvalue weighted by Crippen LogP contribution is -2.54. The number of hydrogen-bond acceptors (Lipinski definition) is 4. The molecule has 3 N–H and O–H groups in total. The summed E-state index contributed by atoms with van der Waals surface area (Å²) < 4.78 is 0. The van der Waals surface area contributed by atoms with Gasteiger partial charge in [-0.3, -0.25) is 4.79 Å². The van der Waals surface area contributed by atoms with Gasteiger partial charge in [-0.15, -0.1) is 11.8 Å². The smallest absolute Gasteiger partial charge is 0.230 e. The molecule has 0 aromatic heterocycles. The topological polar surface area (TPSA) is 61.4 Å². The Morgan fingerprint density at radius 1 is 1.44 bits per heavy atom. The molecule has 98 valence electrons. The predicted octanol–water partition coefficient (Wildman–Crippen LogP) is 0.618. The van der Waals surface area contributed by atoms with Crippen LogP contribution in [-0.4, -0.2) is 42.0 Å². The van der Waals surface area contributed by atoms with Gasteiger partial charge in [0.1, 0.15) is 0 Å². The molecule has 0 radical (unpaired) electrons. The number of nitrogens with one attached hydrogen (secondary N) is 2. The van der Waals surface area contributed by atoms with Crippen molar-refractivity contribution in [2.75, 3.05) is 18.8 Å². The number of carbonyl (C=O) groups excluding carboxylic acids is 1. The number of aliphatic hydroxyl groups is 1. The molecule has 4 nitrogen and oxygen atoms in total. The zero-order valence-electron chi connectivity index (χ0n) is 10.1. The Labute approximate surface area is 111 Å². The number of hydrogen-bond donors (Lipinski definition) is 3. The van der Waals surface area contributed by atoms with Gasteiger partial charge in [-0.2, -0.15) is 0 Å². The second-order valence-corrected chi connectivity index (χ2v) is 5.38. The van der Waals surface area contributed by atoms with Gasteiger partial charge < -0.3 is 15.7 Å². The first kappa shape index (κ1) is 13.4. The van der Waals surface area contributed by atoms with Gasteiger partial charge in [-0.25, -0.2) is 0 Å². The van der Waals surface area contributed by atoms with E-state index in [1.807, 2.05) is 30.3 Å². The van der Waals surface area contributed by atoms with Gasteiger partial charge in [0, 0.05) is 11.4 Å². The molecule has 0 bridgehead atoms. The highest BCUT2D eigenvalue weighted by molar-refractivity contribution is 8.00. The van der Waals surface area contributed by atoms with E-state index in [1.54, 1.807) is 0 Å². The van der Waals surface area contributed by atoms with Gasteiger partial charge in [0.15, 0.2) is 0 Å². The monoisotopic (exact) mass is 266 g/mol. The zero-order valence-corrected chi connectivity index (χ0v) is 11.0. The van der Waals surface area contributed by atoms with Crippen molar-refractivity contribution in [2.45, 2.75) is 23.5 Å². The summed E-state index contributed by atoms with van der Waals surface area (Å²) in [6, 6.07) is 9.66. The molecule has 1 aliphatic heterocycles. The fourth-order valence-corrected chi connectivity index (χ4v) is 2.64. The third-order valence-electron chi connectivity index (χ3n) is 2.91. The predicted molar refractivity (Wildman–Crippen MR) is 72.6 cm³/mol.